The van der Waals surface area contributed by atoms with Gasteiger partial charge in [-0.1, -0.05) is 25.7 Å². The topological polar surface area (TPSA) is 26.0 Å². The minimum Gasteiger partial charge on any atom is -0.327 e. The van der Waals surface area contributed by atoms with Gasteiger partial charge in [0.2, 0.25) is 0 Å². The summed E-state index contributed by atoms with van der Waals surface area (Å²) in [5, 5.41) is 0. The number of hydrogen-bond acceptors (Lipinski definition) is 1. The first-order chi connectivity index (χ1) is 6.83. The molecule has 0 amide bonds. The highest BCUT2D eigenvalue weighted by atomic mass is 14.7. The lowest BCUT2D eigenvalue weighted by Gasteiger charge is -2.33. The van der Waals surface area contributed by atoms with Crippen LogP contribution >= 0.6 is 0 Å². The maximum atomic E-state index is 6.38. The van der Waals surface area contributed by atoms with Crippen molar-refractivity contribution in [3.05, 3.63) is 0 Å². The Morgan fingerprint density at radius 3 is 2.43 bits per heavy atom. The molecule has 2 bridgehead atoms. The molecule has 1 heteroatoms. The van der Waals surface area contributed by atoms with E-state index in [-0.39, 0.29) is 0 Å². The molecule has 1 nitrogen and oxygen atoms in total. The Hall–Kier alpha value is -0.0400. The third-order valence-electron chi connectivity index (χ3n) is 5.17. The lowest BCUT2D eigenvalue weighted by atomic mass is 9.75. The second kappa shape index (κ2) is 3.52. The summed E-state index contributed by atoms with van der Waals surface area (Å²) in [5.74, 6) is 4.01. The van der Waals surface area contributed by atoms with Crippen molar-refractivity contribution >= 4 is 0 Å². The van der Waals surface area contributed by atoms with Crippen LogP contribution in [0.2, 0.25) is 0 Å². The van der Waals surface area contributed by atoms with Crippen LogP contribution in [0.1, 0.15) is 51.4 Å². The van der Waals surface area contributed by atoms with Gasteiger partial charge in [-0.2, -0.15) is 0 Å². The van der Waals surface area contributed by atoms with Crippen molar-refractivity contribution in [2.75, 3.05) is 0 Å². The van der Waals surface area contributed by atoms with Crippen LogP contribution in [0.5, 0.6) is 0 Å². The molecule has 0 heterocycles. The van der Waals surface area contributed by atoms with E-state index >= 15 is 0 Å². The van der Waals surface area contributed by atoms with Gasteiger partial charge in [-0.15, -0.1) is 0 Å². The van der Waals surface area contributed by atoms with E-state index in [9.17, 15) is 0 Å². The van der Waals surface area contributed by atoms with E-state index in [1.165, 1.54) is 51.4 Å². The molecule has 3 aliphatic rings. The molecule has 0 radical (unpaired) electrons. The van der Waals surface area contributed by atoms with Crippen molar-refractivity contribution in [1.82, 2.24) is 0 Å². The van der Waals surface area contributed by atoms with E-state index in [1.807, 2.05) is 0 Å². The number of rotatable bonds is 3. The monoisotopic (exact) mass is 193 g/mol. The number of hydrogen-bond donors (Lipinski definition) is 1. The Morgan fingerprint density at radius 1 is 1.07 bits per heavy atom. The number of fused-ring (bicyclic) bond motifs is 2. The van der Waals surface area contributed by atoms with Gasteiger partial charge in [0.05, 0.1) is 0 Å². The molecule has 2 N–H and O–H groups in total. The highest BCUT2D eigenvalue weighted by Crippen LogP contribution is 2.50. The second-order valence-corrected chi connectivity index (χ2v) is 6.04. The molecule has 3 saturated carbocycles. The fourth-order valence-corrected chi connectivity index (χ4v) is 4.11. The molecule has 0 saturated heterocycles. The average Bonchev–Trinajstić information content (AvgIpc) is 2.71. The van der Waals surface area contributed by atoms with E-state index in [1.54, 1.807) is 0 Å². The first kappa shape index (κ1) is 9.21. The molecular weight excluding hydrogens is 170 g/mol. The third-order valence-corrected chi connectivity index (χ3v) is 5.17. The van der Waals surface area contributed by atoms with Gasteiger partial charge >= 0.3 is 0 Å². The molecule has 4 atom stereocenters. The van der Waals surface area contributed by atoms with Gasteiger partial charge in [0.15, 0.2) is 0 Å². The Kier molecular flexibility index (Phi) is 2.31. The third kappa shape index (κ3) is 1.50. The largest absolute Gasteiger partial charge is 0.327 e. The van der Waals surface area contributed by atoms with E-state index in [0.717, 1.165) is 23.7 Å². The molecule has 0 aliphatic heterocycles. The van der Waals surface area contributed by atoms with Gasteiger partial charge in [-0.3, -0.25) is 0 Å². The van der Waals surface area contributed by atoms with Crippen molar-refractivity contribution in [3.63, 3.8) is 0 Å². The first-order valence-electron chi connectivity index (χ1n) is 6.58. The van der Waals surface area contributed by atoms with Gasteiger partial charge in [0, 0.05) is 6.04 Å². The zero-order chi connectivity index (χ0) is 9.54. The molecule has 0 aromatic rings. The standard InChI is InChI=1S/C13H23N/c14-13(8-9-2-1-3-9)12-7-10-4-5-11(12)6-10/h9-13H,1-8,14H2. The Labute approximate surface area is 87.4 Å². The highest BCUT2D eigenvalue weighted by Gasteiger charge is 2.42. The van der Waals surface area contributed by atoms with Crippen LogP contribution < -0.4 is 5.73 Å². The SMILES string of the molecule is NC(CC1CCC1)C1CC2CCC1C2. The summed E-state index contributed by atoms with van der Waals surface area (Å²) in [4.78, 5) is 0. The average molecular weight is 193 g/mol. The fraction of sp³-hybridized carbons (Fsp3) is 1.00. The molecule has 80 valence electrons. The molecule has 0 spiro atoms. The van der Waals surface area contributed by atoms with Crippen molar-refractivity contribution in [1.29, 1.82) is 0 Å². The summed E-state index contributed by atoms with van der Waals surface area (Å²) in [6.45, 7) is 0. The van der Waals surface area contributed by atoms with Crippen LogP contribution in [-0.4, -0.2) is 6.04 Å². The maximum absolute atomic E-state index is 6.38. The van der Waals surface area contributed by atoms with E-state index < -0.39 is 0 Å². The summed E-state index contributed by atoms with van der Waals surface area (Å²) in [5.41, 5.74) is 6.38. The minimum atomic E-state index is 0.551. The van der Waals surface area contributed by atoms with Gasteiger partial charge in [0.25, 0.3) is 0 Å². The number of nitrogens with two attached hydrogens (primary N) is 1. The van der Waals surface area contributed by atoms with Crippen molar-refractivity contribution in [3.8, 4) is 0 Å². The molecule has 3 fully saturated rings. The zero-order valence-corrected chi connectivity index (χ0v) is 9.12. The predicted octanol–water partition coefficient (Wildman–Crippen LogP) is 2.94. The second-order valence-electron chi connectivity index (χ2n) is 6.04. The van der Waals surface area contributed by atoms with E-state index in [2.05, 4.69) is 0 Å². The van der Waals surface area contributed by atoms with Crippen LogP contribution in [0.25, 0.3) is 0 Å². The maximum Gasteiger partial charge on any atom is 0.00725 e. The van der Waals surface area contributed by atoms with E-state index in [0.29, 0.717) is 6.04 Å². The lowest BCUT2D eigenvalue weighted by molar-refractivity contribution is 0.208. The summed E-state index contributed by atoms with van der Waals surface area (Å²) in [6, 6.07) is 0.551. The Balaban J connectivity index is 1.54. The van der Waals surface area contributed by atoms with Gasteiger partial charge in [-0.05, 0) is 49.4 Å². The Morgan fingerprint density at radius 2 is 1.93 bits per heavy atom. The normalized spacial score (nSPS) is 43.9. The minimum absolute atomic E-state index is 0.551. The zero-order valence-electron chi connectivity index (χ0n) is 9.12. The summed E-state index contributed by atoms with van der Waals surface area (Å²) < 4.78 is 0. The molecule has 3 aliphatic carbocycles. The molecule has 3 rings (SSSR count). The summed E-state index contributed by atoms with van der Waals surface area (Å²) in [6.07, 6.45) is 11.7. The van der Waals surface area contributed by atoms with Crippen molar-refractivity contribution in [2.24, 2.45) is 29.4 Å². The van der Waals surface area contributed by atoms with Gasteiger partial charge in [0.1, 0.15) is 0 Å². The van der Waals surface area contributed by atoms with Crippen LogP contribution in [0.4, 0.5) is 0 Å². The predicted molar refractivity (Wildman–Crippen MR) is 58.9 cm³/mol. The highest BCUT2D eigenvalue weighted by molar-refractivity contribution is 4.95. The smallest absolute Gasteiger partial charge is 0.00725 e. The van der Waals surface area contributed by atoms with E-state index in [4.69, 9.17) is 5.73 Å². The molecule has 4 unspecified atom stereocenters. The Bertz CT molecular complexity index is 209. The van der Waals surface area contributed by atoms with Crippen LogP contribution in [0.3, 0.4) is 0 Å². The van der Waals surface area contributed by atoms with Crippen LogP contribution in [0, 0.1) is 23.7 Å². The lowest BCUT2D eigenvalue weighted by Crippen LogP contribution is -2.36. The van der Waals surface area contributed by atoms with Gasteiger partial charge < -0.3 is 5.73 Å². The van der Waals surface area contributed by atoms with Crippen molar-refractivity contribution < 1.29 is 0 Å². The molecule has 14 heavy (non-hydrogen) atoms. The molecule has 0 aromatic heterocycles. The first-order valence-corrected chi connectivity index (χ1v) is 6.58. The molecular formula is C13H23N. The fourth-order valence-electron chi connectivity index (χ4n) is 4.11. The van der Waals surface area contributed by atoms with Crippen LogP contribution in [0.15, 0.2) is 0 Å². The van der Waals surface area contributed by atoms with Gasteiger partial charge in [-0.25, -0.2) is 0 Å². The summed E-state index contributed by atoms with van der Waals surface area (Å²) >= 11 is 0. The van der Waals surface area contributed by atoms with Crippen molar-refractivity contribution in [2.45, 2.75) is 57.4 Å². The quantitative estimate of drug-likeness (QED) is 0.732. The summed E-state index contributed by atoms with van der Waals surface area (Å²) in [7, 11) is 0. The molecule has 0 aromatic carbocycles. The van der Waals surface area contributed by atoms with Crippen LogP contribution in [-0.2, 0) is 0 Å².